The standard InChI is InChI=1S/C61H117NO10/c1-3-5-7-9-11-13-15-17-19-21-23-25-27-29-30-32-34-36-38-40-42-44-46-48-53(64)56(66)52(51-71-61-59(69)58(68)57(67)55(50-63)72-61)62-60(70)54(65)49-47-45-43-41-39-37-35-33-31-28-26-24-22-20-18-16-14-12-10-8-6-4-2/h31,33,40,42,52-59,61,63-69H,3-30,32,34-39,41,43-51H2,1-2H3,(H,62,70)/b33-31-,42-40+. The average molecular weight is 1020 g/mol. The molecule has 8 N–H and O–H groups in total. The van der Waals surface area contributed by atoms with Gasteiger partial charge in [0.2, 0.25) is 5.91 Å². The highest BCUT2D eigenvalue weighted by Crippen LogP contribution is 2.23. The minimum absolute atomic E-state index is 0.248. The van der Waals surface area contributed by atoms with E-state index in [1.54, 1.807) is 0 Å². The van der Waals surface area contributed by atoms with Gasteiger partial charge in [0.15, 0.2) is 6.29 Å². The molecule has 0 aromatic rings. The normalized spacial score (nSPS) is 20.2. The maximum Gasteiger partial charge on any atom is 0.249 e. The predicted octanol–water partition coefficient (Wildman–Crippen LogP) is 13.3. The number of hydrogen-bond donors (Lipinski definition) is 8. The van der Waals surface area contributed by atoms with Gasteiger partial charge in [0, 0.05) is 0 Å². The van der Waals surface area contributed by atoms with E-state index in [2.05, 4.69) is 43.5 Å². The fraction of sp³-hybridized carbons (Fsp3) is 0.918. The van der Waals surface area contributed by atoms with Crippen LogP contribution >= 0.6 is 0 Å². The Morgan fingerprint density at radius 2 is 0.819 bits per heavy atom. The Morgan fingerprint density at radius 1 is 0.472 bits per heavy atom. The summed E-state index contributed by atoms with van der Waals surface area (Å²) < 4.78 is 11.1. The van der Waals surface area contributed by atoms with Crippen molar-refractivity contribution in [1.82, 2.24) is 5.32 Å². The van der Waals surface area contributed by atoms with Gasteiger partial charge in [-0.2, -0.15) is 0 Å². The molecule has 0 bridgehead atoms. The summed E-state index contributed by atoms with van der Waals surface area (Å²) in [6.45, 7) is 3.48. The van der Waals surface area contributed by atoms with Crippen LogP contribution in [-0.2, 0) is 14.3 Å². The van der Waals surface area contributed by atoms with E-state index in [0.717, 1.165) is 57.8 Å². The minimum atomic E-state index is -1.67. The number of nitrogens with one attached hydrogen (secondary N) is 1. The van der Waals surface area contributed by atoms with E-state index >= 15 is 0 Å². The lowest BCUT2D eigenvalue weighted by molar-refractivity contribution is -0.303. The molecule has 1 rings (SSSR count). The summed E-state index contributed by atoms with van der Waals surface area (Å²) in [5.74, 6) is -0.707. The molecule has 9 atom stereocenters. The van der Waals surface area contributed by atoms with Crippen molar-refractivity contribution >= 4 is 5.91 Å². The van der Waals surface area contributed by atoms with Crippen LogP contribution in [0.15, 0.2) is 24.3 Å². The molecule has 11 nitrogen and oxygen atoms in total. The Labute approximate surface area is 442 Å². The number of unbranched alkanes of at least 4 members (excludes halogenated alkanes) is 37. The van der Waals surface area contributed by atoms with Gasteiger partial charge in [-0.15, -0.1) is 0 Å². The van der Waals surface area contributed by atoms with E-state index in [4.69, 9.17) is 9.47 Å². The molecule has 72 heavy (non-hydrogen) atoms. The molecule has 0 saturated carbocycles. The monoisotopic (exact) mass is 1020 g/mol. The third kappa shape index (κ3) is 38.2. The first-order valence-corrected chi connectivity index (χ1v) is 30.7. The third-order valence-electron chi connectivity index (χ3n) is 15.0. The Bertz CT molecular complexity index is 1220. The van der Waals surface area contributed by atoms with E-state index in [1.807, 2.05) is 0 Å². The first-order valence-electron chi connectivity index (χ1n) is 30.7. The van der Waals surface area contributed by atoms with Crippen molar-refractivity contribution in [3.63, 3.8) is 0 Å². The molecule has 0 aliphatic carbocycles. The second-order valence-corrected chi connectivity index (χ2v) is 21.8. The SMILES string of the molecule is CCCCCCCCCCCCCC/C=C\CCCCCCCCC(O)C(=O)NC(COC1OC(CO)C(O)C(O)C1O)C(O)C(O)CCC/C=C/CCCCCCCCCCCCCCCCCCCC. The van der Waals surface area contributed by atoms with E-state index in [-0.39, 0.29) is 12.8 Å². The molecule has 0 aromatic carbocycles. The maximum absolute atomic E-state index is 13.2. The van der Waals surface area contributed by atoms with Gasteiger partial charge in [-0.05, 0) is 64.2 Å². The number of ether oxygens (including phenoxy) is 2. The maximum atomic E-state index is 13.2. The Morgan fingerprint density at radius 3 is 1.19 bits per heavy atom. The lowest BCUT2D eigenvalue weighted by Gasteiger charge is -2.40. The highest BCUT2D eigenvalue weighted by Gasteiger charge is 2.44. The van der Waals surface area contributed by atoms with Gasteiger partial charge in [-0.3, -0.25) is 4.79 Å². The summed E-state index contributed by atoms with van der Waals surface area (Å²) in [6.07, 6.45) is 49.5. The fourth-order valence-electron chi connectivity index (χ4n) is 9.97. The summed E-state index contributed by atoms with van der Waals surface area (Å²) >= 11 is 0. The largest absolute Gasteiger partial charge is 0.394 e. The van der Waals surface area contributed by atoms with Crippen molar-refractivity contribution in [3.8, 4) is 0 Å². The highest BCUT2D eigenvalue weighted by molar-refractivity contribution is 5.80. The van der Waals surface area contributed by atoms with Gasteiger partial charge in [-0.1, -0.05) is 250 Å². The van der Waals surface area contributed by atoms with Crippen LogP contribution in [0.5, 0.6) is 0 Å². The first-order chi connectivity index (χ1) is 35.2. The summed E-state index contributed by atoms with van der Waals surface area (Å²) in [4.78, 5) is 13.2. The summed E-state index contributed by atoms with van der Waals surface area (Å²) in [6, 6.07) is -1.19. The molecule has 1 amide bonds. The summed E-state index contributed by atoms with van der Waals surface area (Å²) in [5, 5.41) is 76.2. The molecule has 1 saturated heterocycles. The molecule has 426 valence electrons. The van der Waals surface area contributed by atoms with Crippen molar-refractivity contribution < 1.29 is 50.0 Å². The van der Waals surface area contributed by atoms with Crippen LogP contribution in [0.3, 0.4) is 0 Å². The zero-order valence-electron chi connectivity index (χ0n) is 46.7. The van der Waals surface area contributed by atoms with Crippen molar-refractivity contribution in [3.05, 3.63) is 24.3 Å². The number of aliphatic hydroxyl groups is 7. The Hall–Kier alpha value is -1.41. The molecular weight excluding hydrogens is 907 g/mol. The average Bonchev–Trinajstić information content (AvgIpc) is 3.38. The van der Waals surface area contributed by atoms with Gasteiger partial charge in [-0.25, -0.2) is 0 Å². The molecule has 1 aliphatic heterocycles. The number of allylic oxidation sites excluding steroid dienone is 4. The van der Waals surface area contributed by atoms with E-state index in [1.165, 1.54) is 193 Å². The molecule has 1 aliphatic rings. The number of carbonyl (C=O) groups is 1. The van der Waals surface area contributed by atoms with Crippen LogP contribution in [0.25, 0.3) is 0 Å². The van der Waals surface area contributed by atoms with Crippen LogP contribution in [0.2, 0.25) is 0 Å². The van der Waals surface area contributed by atoms with Crippen LogP contribution < -0.4 is 5.32 Å². The molecule has 0 spiro atoms. The molecular formula is C61H117NO10. The zero-order chi connectivity index (χ0) is 52.5. The quantitative estimate of drug-likeness (QED) is 0.0215. The minimum Gasteiger partial charge on any atom is -0.394 e. The smallest absolute Gasteiger partial charge is 0.249 e. The van der Waals surface area contributed by atoms with E-state index in [0.29, 0.717) is 12.8 Å². The topological polar surface area (TPSA) is 189 Å². The van der Waals surface area contributed by atoms with Crippen LogP contribution in [0, 0.1) is 0 Å². The Balaban J connectivity index is 2.31. The molecule has 1 fully saturated rings. The van der Waals surface area contributed by atoms with Crippen LogP contribution in [0.1, 0.15) is 290 Å². The molecule has 11 heteroatoms. The highest BCUT2D eigenvalue weighted by atomic mass is 16.7. The number of rotatable bonds is 53. The van der Waals surface area contributed by atoms with E-state index < -0.39 is 74.2 Å². The molecule has 9 unspecified atom stereocenters. The lowest BCUT2D eigenvalue weighted by Crippen LogP contribution is -2.60. The summed E-state index contributed by atoms with van der Waals surface area (Å²) in [7, 11) is 0. The van der Waals surface area contributed by atoms with Gasteiger partial charge in [0.1, 0.15) is 36.6 Å². The fourth-order valence-corrected chi connectivity index (χ4v) is 9.97. The summed E-state index contributed by atoms with van der Waals surface area (Å²) in [5.41, 5.74) is 0. The van der Waals surface area contributed by atoms with Crippen molar-refractivity contribution in [2.75, 3.05) is 13.2 Å². The van der Waals surface area contributed by atoms with Crippen molar-refractivity contribution in [1.29, 1.82) is 0 Å². The number of carbonyl (C=O) groups excluding carboxylic acids is 1. The first kappa shape index (κ1) is 68.6. The number of aliphatic hydroxyl groups excluding tert-OH is 7. The molecule has 0 aromatic heterocycles. The van der Waals surface area contributed by atoms with Gasteiger partial charge >= 0.3 is 0 Å². The second-order valence-electron chi connectivity index (χ2n) is 21.8. The van der Waals surface area contributed by atoms with Crippen LogP contribution in [-0.4, -0.2) is 110 Å². The Kier molecular flexibility index (Phi) is 48.0. The van der Waals surface area contributed by atoms with Gasteiger partial charge in [0.25, 0.3) is 0 Å². The third-order valence-corrected chi connectivity index (χ3v) is 15.0. The number of hydrogen-bond acceptors (Lipinski definition) is 10. The van der Waals surface area contributed by atoms with Gasteiger partial charge < -0.3 is 50.5 Å². The van der Waals surface area contributed by atoms with Gasteiger partial charge in [0.05, 0.1) is 25.4 Å². The lowest BCUT2D eigenvalue weighted by atomic mass is 9.98. The van der Waals surface area contributed by atoms with Crippen molar-refractivity contribution in [2.45, 2.75) is 345 Å². The second kappa shape index (κ2) is 50.4. The zero-order valence-corrected chi connectivity index (χ0v) is 46.7. The van der Waals surface area contributed by atoms with Crippen molar-refractivity contribution in [2.24, 2.45) is 0 Å². The molecule has 1 heterocycles. The van der Waals surface area contributed by atoms with E-state index in [9.17, 15) is 40.5 Å². The predicted molar refractivity (Wildman–Crippen MR) is 298 cm³/mol. The molecule has 0 radical (unpaired) electrons. The van der Waals surface area contributed by atoms with Crippen LogP contribution in [0.4, 0.5) is 0 Å². The number of amides is 1.